The van der Waals surface area contributed by atoms with Crippen LogP contribution in [0.1, 0.15) is 27.7 Å². The van der Waals surface area contributed by atoms with Crippen molar-refractivity contribution in [2.24, 2.45) is 17.8 Å². The van der Waals surface area contributed by atoms with E-state index in [0.717, 1.165) is 5.71 Å². The molecule has 1 aliphatic carbocycles. The molecule has 1 atom stereocenters. The van der Waals surface area contributed by atoms with E-state index in [1.54, 1.807) is 0 Å². The first-order valence-corrected chi connectivity index (χ1v) is 5.00. The Bertz CT molecular complexity index is 256. The number of nitrogens with one attached hydrogen (secondary N) is 1. The van der Waals surface area contributed by atoms with Crippen molar-refractivity contribution < 1.29 is 0 Å². The maximum atomic E-state index is 7.87. The smallest absolute Gasteiger partial charge is 0.0388 e. The van der Waals surface area contributed by atoms with E-state index in [-0.39, 0.29) is 0 Å². The third kappa shape index (κ3) is 2.09. The zero-order valence-corrected chi connectivity index (χ0v) is 8.96. The van der Waals surface area contributed by atoms with Crippen LogP contribution in [-0.2, 0) is 0 Å². The Morgan fingerprint density at radius 1 is 1.23 bits per heavy atom. The summed E-state index contributed by atoms with van der Waals surface area (Å²) in [6.07, 6.45) is 6.08. The Hall–Kier alpha value is -0.850. The lowest BCUT2D eigenvalue weighted by atomic mass is 9.77. The van der Waals surface area contributed by atoms with Gasteiger partial charge in [-0.3, -0.25) is 0 Å². The van der Waals surface area contributed by atoms with Crippen LogP contribution in [0.15, 0.2) is 23.8 Å². The molecular weight excluding hydrogens is 158 g/mol. The van der Waals surface area contributed by atoms with Gasteiger partial charge in [-0.1, -0.05) is 45.4 Å². The van der Waals surface area contributed by atoms with Crippen molar-refractivity contribution >= 4 is 5.71 Å². The normalized spacial score (nSPS) is 22.8. The molecule has 0 fully saturated rings. The van der Waals surface area contributed by atoms with Crippen molar-refractivity contribution in [1.29, 1.82) is 5.41 Å². The monoisotopic (exact) mass is 177 g/mol. The van der Waals surface area contributed by atoms with E-state index in [2.05, 4.69) is 33.8 Å². The quantitative estimate of drug-likeness (QED) is 0.668. The molecule has 72 valence electrons. The predicted octanol–water partition coefficient (Wildman–Crippen LogP) is 3.43. The van der Waals surface area contributed by atoms with Gasteiger partial charge in [0.1, 0.15) is 0 Å². The molecule has 0 aromatic rings. The topological polar surface area (TPSA) is 23.9 Å². The van der Waals surface area contributed by atoms with Gasteiger partial charge in [0.2, 0.25) is 0 Å². The molecule has 0 amide bonds. The van der Waals surface area contributed by atoms with E-state index in [0.29, 0.717) is 17.8 Å². The fourth-order valence-electron chi connectivity index (χ4n) is 1.95. The third-order valence-electron chi connectivity index (χ3n) is 2.59. The summed E-state index contributed by atoms with van der Waals surface area (Å²) in [5, 5.41) is 7.87. The molecule has 1 aliphatic rings. The summed E-state index contributed by atoms with van der Waals surface area (Å²) >= 11 is 0. The molecule has 0 heterocycles. The highest BCUT2D eigenvalue weighted by Gasteiger charge is 2.24. The Balaban J connectivity index is 2.96. The predicted molar refractivity (Wildman–Crippen MR) is 58.1 cm³/mol. The summed E-state index contributed by atoms with van der Waals surface area (Å²) in [6.45, 7) is 8.78. The molecule has 0 radical (unpaired) electrons. The average Bonchev–Trinajstić information content (AvgIpc) is 2.02. The summed E-state index contributed by atoms with van der Waals surface area (Å²) in [4.78, 5) is 0. The number of rotatable bonds is 2. The van der Waals surface area contributed by atoms with Crippen LogP contribution >= 0.6 is 0 Å². The molecule has 0 spiro atoms. The highest BCUT2D eigenvalue weighted by molar-refractivity contribution is 5.97. The molecule has 13 heavy (non-hydrogen) atoms. The van der Waals surface area contributed by atoms with Crippen LogP contribution in [0.25, 0.3) is 0 Å². The molecule has 0 saturated heterocycles. The molecule has 0 aliphatic heterocycles. The van der Waals surface area contributed by atoms with Crippen molar-refractivity contribution in [3.8, 4) is 0 Å². The van der Waals surface area contributed by atoms with E-state index >= 15 is 0 Å². The van der Waals surface area contributed by atoms with Crippen LogP contribution in [-0.4, -0.2) is 5.71 Å². The van der Waals surface area contributed by atoms with Crippen LogP contribution < -0.4 is 0 Å². The second kappa shape index (κ2) is 3.91. The van der Waals surface area contributed by atoms with Gasteiger partial charge < -0.3 is 5.41 Å². The second-order valence-electron chi connectivity index (χ2n) is 4.36. The fraction of sp³-hybridized carbons (Fsp3) is 0.583. The van der Waals surface area contributed by atoms with Gasteiger partial charge in [-0.05, 0) is 17.9 Å². The van der Waals surface area contributed by atoms with Crippen LogP contribution in [0, 0.1) is 23.2 Å². The summed E-state index contributed by atoms with van der Waals surface area (Å²) < 4.78 is 0. The van der Waals surface area contributed by atoms with E-state index in [4.69, 9.17) is 5.41 Å². The summed E-state index contributed by atoms with van der Waals surface area (Å²) in [5.41, 5.74) is 2.17. The van der Waals surface area contributed by atoms with Gasteiger partial charge in [-0.25, -0.2) is 0 Å². The first-order chi connectivity index (χ1) is 6.04. The molecule has 1 heteroatoms. The van der Waals surface area contributed by atoms with Crippen molar-refractivity contribution in [2.75, 3.05) is 0 Å². The molecule has 1 N–H and O–H groups in total. The minimum absolute atomic E-state index is 0.338. The molecule has 0 aromatic carbocycles. The van der Waals surface area contributed by atoms with Crippen LogP contribution in [0.3, 0.4) is 0 Å². The largest absolute Gasteiger partial charge is 0.305 e. The Labute approximate surface area is 81.1 Å². The highest BCUT2D eigenvalue weighted by atomic mass is 14.5. The van der Waals surface area contributed by atoms with Gasteiger partial charge in [0, 0.05) is 11.6 Å². The molecular formula is C12H19N. The lowest BCUT2D eigenvalue weighted by Gasteiger charge is -2.28. The Morgan fingerprint density at radius 3 is 2.23 bits per heavy atom. The average molecular weight is 177 g/mol. The van der Waals surface area contributed by atoms with E-state index in [1.807, 2.05) is 12.2 Å². The van der Waals surface area contributed by atoms with Gasteiger partial charge in [0.05, 0.1) is 0 Å². The maximum Gasteiger partial charge on any atom is 0.0388 e. The van der Waals surface area contributed by atoms with Gasteiger partial charge in [0.15, 0.2) is 0 Å². The van der Waals surface area contributed by atoms with E-state index in [1.165, 1.54) is 5.57 Å². The molecule has 1 unspecified atom stereocenters. The number of hydrogen-bond acceptors (Lipinski definition) is 1. The van der Waals surface area contributed by atoms with Gasteiger partial charge in [-0.2, -0.15) is 0 Å². The summed E-state index contributed by atoms with van der Waals surface area (Å²) in [7, 11) is 0. The standard InChI is InChI=1S/C12H19N/c1-8(2)10-6-5-7-11(13)12(10)9(3)4/h5-9,12-13H,1-4H3. The zero-order valence-electron chi connectivity index (χ0n) is 8.96. The van der Waals surface area contributed by atoms with Crippen LogP contribution in [0.4, 0.5) is 0 Å². The van der Waals surface area contributed by atoms with Crippen LogP contribution in [0.5, 0.6) is 0 Å². The number of allylic oxidation sites excluding steroid dienone is 4. The first-order valence-electron chi connectivity index (χ1n) is 5.00. The van der Waals surface area contributed by atoms with E-state index < -0.39 is 0 Å². The molecule has 0 bridgehead atoms. The summed E-state index contributed by atoms with van der Waals surface area (Å²) in [5.74, 6) is 1.42. The van der Waals surface area contributed by atoms with Crippen molar-refractivity contribution in [2.45, 2.75) is 27.7 Å². The van der Waals surface area contributed by atoms with Gasteiger partial charge >= 0.3 is 0 Å². The molecule has 1 nitrogen and oxygen atoms in total. The number of hydrogen-bond donors (Lipinski definition) is 1. The summed E-state index contributed by atoms with van der Waals surface area (Å²) in [6, 6.07) is 0. The van der Waals surface area contributed by atoms with E-state index in [9.17, 15) is 0 Å². The van der Waals surface area contributed by atoms with Crippen molar-refractivity contribution in [3.63, 3.8) is 0 Å². The second-order valence-corrected chi connectivity index (χ2v) is 4.36. The van der Waals surface area contributed by atoms with Gasteiger partial charge in [0.25, 0.3) is 0 Å². The third-order valence-corrected chi connectivity index (χ3v) is 2.59. The lowest BCUT2D eigenvalue weighted by Crippen LogP contribution is -2.24. The Morgan fingerprint density at radius 2 is 1.85 bits per heavy atom. The zero-order chi connectivity index (χ0) is 10.0. The maximum absolute atomic E-state index is 7.87. The Kier molecular flexibility index (Phi) is 3.07. The minimum atomic E-state index is 0.338. The van der Waals surface area contributed by atoms with Gasteiger partial charge in [-0.15, -0.1) is 0 Å². The van der Waals surface area contributed by atoms with Crippen molar-refractivity contribution in [3.05, 3.63) is 23.8 Å². The van der Waals surface area contributed by atoms with Crippen LogP contribution in [0.2, 0.25) is 0 Å². The minimum Gasteiger partial charge on any atom is -0.305 e. The van der Waals surface area contributed by atoms with Crippen molar-refractivity contribution in [1.82, 2.24) is 0 Å². The SMILES string of the molecule is CC(C)C1=CC=CC(=N)C1C(C)C. The fourth-order valence-corrected chi connectivity index (χ4v) is 1.95. The lowest BCUT2D eigenvalue weighted by molar-refractivity contribution is 0.507. The molecule has 0 saturated carbocycles. The first kappa shape index (κ1) is 10.2. The molecule has 1 rings (SSSR count). The molecule has 0 aromatic heterocycles. The highest BCUT2D eigenvalue weighted by Crippen LogP contribution is 2.30.